The van der Waals surface area contributed by atoms with E-state index in [2.05, 4.69) is 4.72 Å². The van der Waals surface area contributed by atoms with Crippen molar-refractivity contribution in [1.29, 1.82) is 0 Å². The van der Waals surface area contributed by atoms with Crippen LogP contribution in [0.4, 0.5) is 24.5 Å². The highest BCUT2D eigenvalue weighted by atomic mass is 32.2. The maximum Gasteiger partial charge on any atom is 0.416 e. The number of carbonyl (C=O) groups is 1. The van der Waals surface area contributed by atoms with Crippen molar-refractivity contribution in [3.63, 3.8) is 0 Å². The van der Waals surface area contributed by atoms with E-state index in [0.29, 0.717) is 69.4 Å². The number of piperazine rings is 1. The predicted molar refractivity (Wildman–Crippen MR) is 125 cm³/mol. The number of nitrogens with one attached hydrogen (secondary N) is 1. The van der Waals surface area contributed by atoms with Crippen LogP contribution in [0.5, 0.6) is 0 Å². The minimum absolute atomic E-state index is 0.00347. The summed E-state index contributed by atoms with van der Waals surface area (Å²) in [7, 11) is -2.43. The number of hydrogen-bond donors (Lipinski definition) is 1. The van der Waals surface area contributed by atoms with Crippen molar-refractivity contribution in [2.75, 3.05) is 69.3 Å². The fourth-order valence-electron chi connectivity index (χ4n) is 4.25. The van der Waals surface area contributed by atoms with E-state index in [4.69, 9.17) is 4.74 Å². The first-order valence-electron chi connectivity index (χ1n) is 11.2. The molecule has 0 saturated carbocycles. The maximum atomic E-state index is 13.5. The van der Waals surface area contributed by atoms with E-state index in [-0.39, 0.29) is 10.8 Å². The highest BCUT2D eigenvalue weighted by Crippen LogP contribution is 2.31. The van der Waals surface area contributed by atoms with E-state index in [9.17, 15) is 26.4 Å². The van der Waals surface area contributed by atoms with Gasteiger partial charge in [-0.05, 0) is 49.5 Å². The van der Waals surface area contributed by atoms with Crippen LogP contribution in [0, 0.1) is 0 Å². The van der Waals surface area contributed by atoms with Crippen LogP contribution in [-0.4, -0.2) is 78.8 Å². The van der Waals surface area contributed by atoms with E-state index in [1.165, 1.54) is 31.3 Å². The van der Waals surface area contributed by atoms with Crippen LogP contribution < -0.4 is 14.5 Å². The molecule has 2 aromatic rings. The molecule has 2 aliphatic rings. The Labute approximate surface area is 202 Å². The molecule has 4 rings (SSSR count). The third-order valence-corrected chi connectivity index (χ3v) is 7.67. The molecule has 0 atom stereocenters. The second-order valence-electron chi connectivity index (χ2n) is 8.31. The number of benzene rings is 2. The lowest BCUT2D eigenvalue weighted by molar-refractivity contribution is -0.137. The van der Waals surface area contributed by atoms with Gasteiger partial charge in [0.2, 0.25) is 10.0 Å². The first-order valence-corrected chi connectivity index (χ1v) is 12.7. The first kappa shape index (κ1) is 25.3. The number of carbonyl (C=O) groups excluding carboxylic acids is 1. The summed E-state index contributed by atoms with van der Waals surface area (Å²) >= 11 is 0. The van der Waals surface area contributed by atoms with E-state index in [1.807, 2.05) is 9.80 Å². The van der Waals surface area contributed by atoms with Gasteiger partial charge in [-0.25, -0.2) is 13.1 Å². The highest BCUT2D eigenvalue weighted by Gasteiger charge is 2.31. The van der Waals surface area contributed by atoms with Crippen LogP contribution in [-0.2, 0) is 20.9 Å². The normalized spacial score (nSPS) is 17.5. The molecule has 0 aromatic heterocycles. The Morgan fingerprint density at radius 1 is 0.914 bits per heavy atom. The van der Waals surface area contributed by atoms with Gasteiger partial charge in [0.25, 0.3) is 5.91 Å². The lowest BCUT2D eigenvalue weighted by atomic mass is 10.1. The van der Waals surface area contributed by atoms with E-state index < -0.39 is 21.8 Å². The first-order chi connectivity index (χ1) is 16.6. The van der Waals surface area contributed by atoms with Gasteiger partial charge >= 0.3 is 6.18 Å². The number of hydrogen-bond acceptors (Lipinski definition) is 6. The summed E-state index contributed by atoms with van der Waals surface area (Å²) < 4.78 is 71.0. The van der Waals surface area contributed by atoms with Gasteiger partial charge in [0, 0.05) is 50.6 Å². The molecule has 0 unspecified atom stereocenters. The largest absolute Gasteiger partial charge is 0.416 e. The number of rotatable bonds is 5. The van der Waals surface area contributed by atoms with E-state index >= 15 is 0 Å². The second kappa shape index (κ2) is 10.0. The summed E-state index contributed by atoms with van der Waals surface area (Å²) in [4.78, 5) is 19.1. The van der Waals surface area contributed by atoms with Gasteiger partial charge in [0.1, 0.15) is 0 Å². The van der Waals surface area contributed by atoms with Gasteiger partial charge in [-0.15, -0.1) is 0 Å². The van der Waals surface area contributed by atoms with Crippen LogP contribution >= 0.6 is 0 Å². The molecule has 0 aliphatic carbocycles. The Morgan fingerprint density at radius 3 is 2.11 bits per heavy atom. The maximum absolute atomic E-state index is 13.5. The zero-order valence-corrected chi connectivity index (χ0v) is 20.0. The number of alkyl halides is 3. The van der Waals surface area contributed by atoms with Gasteiger partial charge in [0.15, 0.2) is 0 Å². The number of anilines is 2. The molecule has 1 amide bonds. The summed E-state index contributed by atoms with van der Waals surface area (Å²) in [5.41, 5.74) is 0.896. The standard InChI is InChI=1S/C23H27F3N4O4S/c1-27-35(32,33)19-6-7-21(29-12-14-34-15-13-29)20(16-19)22(31)30-10-8-28(9-11-30)18-4-2-17(3-5-18)23(24,25)26/h2-7,16,27H,8-15H2,1H3. The molecule has 35 heavy (non-hydrogen) atoms. The smallest absolute Gasteiger partial charge is 0.378 e. The molecule has 8 nitrogen and oxygen atoms in total. The molecule has 2 aromatic carbocycles. The van der Waals surface area contributed by atoms with Gasteiger partial charge in [-0.2, -0.15) is 13.2 Å². The molecule has 2 fully saturated rings. The Morgan fingerprint density at radius 2 is 1.54 bits per heavy atom. The Kier molecular flexibility index (Phi) is 7.25. The molecule has 190 valence electrons. The Balaban J connectivity index is 1.53. The SMILES string of the molecule is CNS(=O)(=O)c1ccc(N2CCOCC2)c(C(=O)N2CCN(c3ccc(C(F)(F)F)cc3)CC2)c1. The van der Waals surface area contributed by atoms with Gasteiger partial charge < -0.3 is 19.4 Å². The van der Waals surface area contributed by atoms with E-state index in [0.717, 1.165) is 12.1 Å². The average molecular weight is 513 g/mol. The van der Waals surface area contributed by atoms with Gasteiger partial charge in [-0.3, -0.25) is 4.79 Å². The van der Waals surface area contributed by atoms with Crippen molar-refractivity contribution < 1.29 is 31.1 Å². The predicted octanol–water partition coefficient (Wildman–Crippen LogP) is 2.41. The zero-order chi connectivity index (χ0) is 25.2. The molecule has 0 radical (unpaired) electrons. The van der Waals surface area contributed by atoms with Crippen molar-refractivity contribution in [3.05, 3.63) is 53.6 Å². The topological polar surface area (TPSA) is 82.2 Å². The van der Waals surface area contributed by atoms with Crippen molar-refractivity contribution in [1.82, 2.24) is 9.62 Å². The summed E-state index contributed by atoms with van der Waals surface area (Å²) in [6.45, 7) is 3.78. The quantitative estimate of drug-likeness (QED) is 0.663. The number of ether oxygens (including phenoxy) is 1. The van der Waals surface area contributed by atoms with Crippen LogP contribution in [0.25, 0.3) is 0 Å². The van der Waals surface area contributed by atoms with Crippen molar-refractivity contribution in [2.45, 2.75) is 11.1 Å². The fraction of sp³-hybridized carbons (Fsp3) is 0.435. The minimum Gasteiger partial charge on any atom is -0.378 e. The lowest BCUT2D eigenvalue weighted by Crippen LogP contribution is -2.49. The third-order valence-electron chi connectivity index (χ3n) is 6.26. The molecule has 12 heteroatoms. The lowest BCUT2D eigenvalue weighted by Gasteiger charge is -2.37. The summed E-state index contributed by atoms with van der Waals surface area (Å²) in [6, 6.07) is 9.51. The van der Waals surface area contributed by atoms with Crippen LogP contribution in [0.2, 0.25) is 0 Å². The summed E-state index contributed by atoms with van der Waals surface area (Å²) in [5.74, 6) is -0.285. The van der Waals surface area contributed by atoms with Crippen LogP contribution in [0.1, 0.15) is 15.9 Å². The summed E-state index contributed by atoms with van der Waals surface area (Å²) in [6.07, 6.45) is -4.39. The molecular formula is C23H27F3N4O4S. The number of sulfonamides is 1. The molecule has 0 bridgehead atoms. The highest BCUT2D eigenvalue weighted by molar-refractivity contribution is 7.89. The molecule has 2 heterocycles. The van der Waals surface area contributed by atoms with Gasteiger partial charge in [-0.1, -0.05) is 0 Å². The average Bonchev–Trinajstić information content (AvgIpc) is 2.88. The third kappa shape index (κ3) is 5.54. The fourth-order valence-corrected chi connectivity index (χ4v) is 5.01. The van der Waals surface area contributed by atoms with Crippen molar-refractivity contribution in [3.8, 4) is 0 Å². The molecule has 2 aliphatic heterocycles. The zero-order valence-electron chi connectivity index (χ0n) is 19.2. The second-order valence-corrected chi connectivity index (χ2v) is 10.2. The van der Waals surface area contributed by atoms with Crippen molar-refractivity contribution >= 4 is 27.3 Å². The Bertz CT molecular complexity index is 1160. The molecule has 2 saturated heterocycles. The minimum atomic E-state index is -4.39. The molecule has 0 spiro atoms. The van der Waals surface area contributed by atoms with Crippen molar-refractivity contribution in [2.24, 2.45) is 0 Å². The van der Waals surface area contributed by atoms with Crippen LogP contribution in [0.15, 0.2) is 47.4 Å². The summed E-state index contributed by atoms with van der Waals surface area (Å²) in [5, 5.41) is 0. The molecule has 1 N–H and O–H groups in total. The monoisotopic (exact) mass is 512 g/mol. The number of morpholine rings is 1. The van der Waals surface area contributed by atoms with Crippen LogP contribution in [0.3, 0.4) is 0 Å². The van der Waals surface area contributed by atoms with Gasteiger partial charge in [0.05, 0.1) is 29.2 Å². The number of nitrogens with zero attached hydrogens (tertiary/aromatic N) is 3. The number of halogens is 3. The number of amides is 1. The Hall–Kier alpha value is -2.83. The molecular weight excluding hydrogens is 485 g/mol. The van der Waals surface area contributed by atoms with E-state index in [1.54, 1.807) is 11.0 Å².